The van der Waals surface area contributed by atoms with Crippen LogP contribution < -0.4 is 4.90 Å². The molecule has 0 radical (unpaired) electrons. The number of carbonyl (C=O) groups excluding carboxylic acids is 2. The van der Waals surface area contributed by atoms with Crippen molar-refractivity contribution in [2.75, 3.05) is 24.5 Å². The second-order valence-electron chi connectivity index (χ2n) is 8.22. The number of carboxylic acids is 1. The lowest BCUT2D eigenvalue weighted by atomic mass is 9.98. The highest BCUT2D eigenvalue weighted by atomic mass is 16.6. The van der Waals surface area contributed by atoms with Crippen LogP contribution in [0.2, 0.25) is 0 Å². The van der Waals surface area contributed by atoms with Gasteiger partial charge >= 0.3 is 11.9 Å². The maximum atomic E-state index is 12.9. The Morgan fingerprint density at radius 2 is 1.96 bits per heavy atom. The van der Waals surface area contributed by atoms with Crippen LogP contribution in [0.3, 0.4) is 0 Å². The number of aromatic carboxylic acids is 1. The molecule has 1 aromatic rings. The van der Waals surface area contributed by atoms with E-state index in [1.165, 1.54) is 12.4 Å². The van der Waals surface area contributed by atoms with Crippen LogP contribution >= 0.6 is 0 Å². The molecule has 0 aromatic carbocycles. The second-order valence-corrected chi connectivity index (χ2v) is 8.22. The van der Waals surface area contributed by atoms with Gasteiger partial charge < -0.3 is 19.6 Å². The molecule has 1 aromatic heterocycles. The third-order valence-corrected chi connectivity index (χ3v) is 4.95. The van der Waals surface area contributed by atoms with Crippen molar-refractivity contribution >= 4 is 23.7 Å². The van der Waals surface area contributed by atoms with Gasteiger partial charge in [-0.15, -0.1) is 0 Å². The van der Waals surface area contributed by atoms with E-state index in [1.54, 1.807) is 4.90 Å². The Kier molecular flexibility index (Phi) is 5.53. The molecular formula is C19H26N4O5. The van der Waals surface area contributed by atoms with Gasteiger partial charge in [-0.05, 0) is 33.6 Å². The van der Waals surface area contributed by atoms with Crippen molar-refractivity contribution < 1.29 is 24.2 Å². The molecule has 0 spiro atoms. The first-order valence-electron chi connectivity index (χ1n) is 9.48. The lowest BCUT2D eigenvalue weighted by Gasteiger charge is -2.35. The van der Waals surface area contributed by atoms with Gasteiger partial charge in [-0.25, -0.2) is 14.8 Å². The maximum Gasteiger partial charge on any atom is 0.354 e. The predicted octanol–water partition coefficient (Wildman–Crippen LogP) is 1.33. The molecule has 9 nitrogen and oxygen atoms in total. The van der Waals surface area contributed by atoms with E-state index in [4.69, 9.17) is 4.74 Å². The Balaban J connectivity index is 1.87. The molecule has 0 bridgehead atoms. The van der Waals surface area contributed by atoms with E-state index < -0.39 is 17.5 Å². The summed E-state index contributed by atoms with van der Waals surface area (Å²) in [6.45, 7) is 6.73. The van der Waals surface area contributed by atoms with Gasteiger partial charge in [0.05, 0.1) is 12.0 Å². The number of anilines is 1. The summed E-state index contributed by atoms with van der Waals surface area (Å²) in [5, 5.41) is 9.17. The molecule has 28 heavy (non-hydrogen) atoms. The van der Waals surface area contributed by atoms with Crippen molar-refractivity contribution in [3.8, 4) is 0 Å². The molecule has 152 valence electrons. The second kappa shape index (κ2) is 7.73. The molecule has 3 rings (SSSR count). The summed E-state index contributed by atoms with van der Waals surface area (Å²) < 4.78 is 5.59. The fraction of sp³-hybridized carbons (Fsp3) is 0.632. The number of amides is 1. The number of likely N-dealkylation sites (tertiary alicyclic amines) is 1. The summed E-state index contributed by atoms with van der Waals surface area (Å²) in [6, 6.07) is 1.06. The summed E-state index contributed by atoms with van der Waals surface area (Å²) in [7, 11) is 0. The molecule has 0 unspecified atom stereocenters. The topological polar surface area (TPSA) is 113 Å². The number of aromatic nitrogens is 2. The van der Waals surface area contributed by atoms with Crippen LogP contribution in [0.4, 0.5) is 5.82 Å². The van der Waals surface area contributed by atoms with Gasteiger partial charge in [-0.1, -0.05) is 0 Å². The first-order valence-corrected chi connectivity index (χ1v) is 9.48. The van der Waals surface area contributed by atoms with Gasteiger partial charge in [0.15, 0.2) is 5.69 Å². The molecule has 2 aliphatic heterocycles. The fourth-order valence-electron chi connectivity index (χ4n) is 3.71. The number of esters is 1. The molecule has 9 heteroatoms. The molecule has 0 aliphatic carbocycles. The smallest absolute Gasteiger partial charge is 0.354 e. The van der Waals surface area contributed by atoms with Crippen molar-refractivity contribution in [2.24, 2.45) is 5.92 Å². The lowest BCUT2D eigenvalue weighted by molar-refractivity contribution is -0.161. The minimum atomic E-state index is -1.14. The standard InChI is InChI=1S/C19H26N4O5/c1-19(2,3)28-18(27)12-9-22(15-8-13(17(25)26)20-11-21-15)10-14(12)23-7-5-4-6-16(23)24/h8,11-12,14H,4-7,9-10H2,1-3H3,(H,25,26)/t12-,14+/m0/s1. The van der Waals surface area contributed by atoms with Crippen LogP contribution in [-0.4, -0.2) is 69.1 Å². The van der Waals surface area contributed by atoms with E-state index >= 15 is 0 Å². The summed E-state index contributed by atoms with van der Waals surface area (Å²) >= 11 is 0. The average Bonchev–Trinajstić information content (AvgIpc) is 3.06. The van der Waals surface area contributed by atoms with Crippen LogP contribution in [-0.2, 0) is 14.3 Å². The maximum absolute atomic E-state index is 12.9. The molecule has 2 atom stereocenters. The van der Waals surface area contributed by atoms with Crippen molar-refractivity contribution in [3.63, 3.8) is 0 Å². The van der Waals surface area contributed by atoms with Crippen LogP contribution in [0.25, 0.3) is 0 Å². The number of ether oxygens (including phenoxy) is 1. The Morgan fingerprint density at radius 1 is 1.21 bits per heavy atom. The molecule has 1 N–H and O–H groups in total. The average molecular weight is 390 g/mol. The van der Waals surface area contributed by atoms with Gasteiger partial charge in [-0.3, -0.25) is 9.59 Å². The number of nitrogens with zero attached hydrogens (tertiary/aromatic N) is 4. The van der Waals surface area contributed by atoms with Crippen molar-refractivity contribution in [1.82, 2.24) is 14.9 Å². The molecule has 3 heterocycles. The molecule has 0 saturated carbocycles. The van der Waals surface area contributed by atoms with Crippen LogP contribution in [0.1, 0.15) is 50.5 Å². The molecule has 2 saturated heterocycles. The lowest BCUT2D eigenvalue weighted by Crippen LogP contribution is -2.49. The van der Waals surface area contributed by atoms with E-state index in [1.807, 2.05) is 25.7 Å². The van der Waals surface area contributed by atoms with E-state index in [0.717, 1.165) is 12.8 Å². The summed E-state index contributed by atoms with van der Waals surface area (Å²) in [6.07, 6.45) is 3.44. The zero-order valence-electron chi connectivity index (χ0n) is 16.4. The van der Waals surface area contributed by atoms with E-state index in [-0.39, 0.29) is 23.6 Å². The van der Waals surface area contributed by atoms with Gasteiger partial charge in [0, 0.05) is 32.1 Å². The highest BCUT2D eigenvalue weighted by molar-refractivity contribution is 5.86. The molecular weight excluding hydrogens is 364 g/mol. The van der Waals surface area contributed by atoms with Crippen molar-refractivity contribution in [2.45, 2.75) is 51.7 Å². The number of carbonyl (C=O) groups is 3. The highest BCUT2D eigenvalue weighted by Gasteiger charge is 2.45. The quantitative estimate of drug-likeness (QED) is 0.766. The number of hydrogen-bond donors (Lipinski definition) is 1. The number of rotatable bonds is 4. The number of piperidine rings is 1. The van der Waals surface area contributed by atoms with E-state index in [0.29, 0.717) is 31.9 Å². The first kappa shape index (κ1) is 20.0. The summed E-state index contributed by atoms with van der Waals surface area (Å²) in [4.78, 5) is 48.1. The van der Waals surface area contributed by atoms with Crippen LogP contribution in [0, 0.1) is 5.92 Å². The molecule has 1 amide bonds. The van der Waals surface area contributed by atoms with Crippen molar-refractivity contribution in [3.05, 3.63) is 18.1 Å². The summed E-state index contributed by atoms with van der Waals surface area (Å²) in [5.41, 5.74) is -0.747. The predicted molar refractivity (Wildman–Crippen MR) is 99.9 cm³/mol. The van der Waals surface area contributed by atoms with Crippen LogP contribution in [0.5, 0.6) is 0 Å². The fourth-order valence-corrected chi connectivity index (χ4v) is 3.71. The minimum absolute atomic E-state index is 0.0422. The largest absolute Gasteiger partial charge is 0.477 e. The molecule has 2 fully saturated rings. The number of hydrogen-bond acceptors (Lipinski definition) is 7. The molecule has 2 aliphatic rings. The first-order chi connectivity index (χ1) is 13.2. The summed E-state index contributed by atoms with van der Waals surface area (Å²) in [5.74, 6) is -1.56. The third kappa shape index (κ3) is 4.40. The zero-order chi connectivity index (χ0) is 20.5. The monoisotopic (exact) mass is 390 g/mol. The minimum Gasteiger partial charge on any atom is -0.477 e. The Labute approximate surface area is 163 Å². The Hall–Kier alpha value is -2.71. The normalized spacial score (nSPS) is 23.0. The van der Waals surface area contributed by atoms with E-state index in [9.17, 15) is 19.5 Å². The van der Waals surface area contributed by atoms with Gasteiger partial charge in [0.1, 0.15) is 17.7 Å². The SMILES string of the molecule is CC(C)(C)OC(=O)[C@H]1CN(c2cc(C(=O)O)ncn2)C[C@H]1N1CCCCC1=O. The van der Waals surface area contributed by atoms with Gasteiger partial charge in [0.2, 0.25) is 5.91 Å². The van der Waals surface area contributed by atoms with Gasteiger partial charge in [0.25, 0.3) is 0 Å². The zero-order valence-corrected chi connectivity index (χ0v) is 16.4. The van der Waals surface area contributed by atoms with Gasteiger partial charge in [-0.2, -0.15) is 0 Å². The Bertz CT molecular complexity index is 776. The van der Waals surface area contributed by atoms with E-state index in [2.05, 4.69) is 9.97 Å². The Morgan fingerprint density at radius 3 is 2.61 bits per heavy atom. The van der Waals surface area contributed by atoms with Crippen LogP contribution in [0.15, 0.2) is 12.4 Å². The number of carboxylic acid groups (broad SMARTS) is 1. The highest BCUT2D eigenvalue weighted by Crippen LogP contribution is 2.30. The third-order valence-electron chi connectivity index (χ3n) is 4.95. The van der Waals surface area contributed by atoms with Crippen molar-refractivity contribution in [1.29, 1.82) is 0 Å².